The molecule has 17 heavy (non-hydrogen) atoms. The number of ether oxygens (including phenoxy) is 2. The second-order valence-electron chi connectivity index (χ2n) is 3.78. The molecule has 5 nitrogen and oxygen atoms in total. The van der Waals surface area contributed by atoms with Gasteiger partial charge in [-0.05, 0) is 13.3 Å². The standard InChI is InChI=1S/C12H23NO4/c1-3-6-13-12(15)5-8-17-10-9-16-7-4-11(2)14/h3-10H2,1-2H3,(H,13,15). The summed E-state index contributed by atoms with van der Waals surface area (Å²) in [6.07, 6.45) is 1.77. The maximum absolute atomic E-state index is 11.2. The molecule has 0 atom stereocenters. The van der Waals surface area contributed by atoms with Gasteiger partial charge in [-0.2, -0.15) is 0 Å². The second-order valence-corrected chi connectivity index (χ2v) is 3.78. The Balaban J connectivity index is 3.12. The van der Waals surface area contributed by atoms with Gasteiger partial charge < -0.3 is 14.8 Å². The number of hydrogen-bond acceptors (Lipinski definition) is 4. The van der Waals surface area contributed by atoms with Crippen molar-refractivity contribution < 1.29 is 19.1 Å². The van der Waals surface area contributed by atoms with Crippen LogP contribution >= 0.6 is 0 Å². The van der Waals surface area contributed by atoms with Crippen LogP contribution < -0.4 is 5.32 Å². The summed E-state index contributed by atoms with van der Waals surface area (Å²) in [5.41, 5.74) is 0. The molecule has 0 heterocycles. The highest BCUT2D eigenvalue weighted by Gasteiger charge is 1.99. The molecule has 0 radical (unpaired) electrons. The molecule has 100 valence electrons. The van der Waals surface area contributed by atoms with Gasteiger partial charge in [0.15, 0.2) is 0 Å². The fraction of sp³-hybridized carbons (Fsp3) is 0.833. The van der Waals surface area contributed by atoms with Crippen LogP contribution in [0.4, 0.5) is 0 Å². The van der Waals surface area contributed by atoms with Gasteiger partial charge in [-0.1, -0.05) is 6.92 Å². The van der Waals surface area contributed by atoms with Gasteiger partial charge in [-0.15, -0.1) is 0 Å². The molecule has 0 saturated heterocycles. The molecule has 0 spiro atoms. The number of Topliss-reactive ketones (excluding diaryl/α,β-unsaturated/α-hetero) is 1. The number of carbonyl (C=O) groups is 2. The molecule has 0 aromatic carbocycles. The summed E-state index contributed by atoms with van der Waals surface area (Å²) in [6, 6.07) is 0. The average Bonchev–Trinajstić information content (AvgIpc) is 2.29. The van der Waals surface area contributed by atoms with E-state index in [0.717, 1.165) is 6.42 Å². The molecule has 1 amide bonds. The van der Waals surface area contributed by atoms with Gasteiger partial charge in [0.25, 0.3) is 0 Å². The average molecular weight is 245 g/mol. The number of rotatable bonds is 11. The van der Waals surface area contributed by atoms with Crippen LogP contribution in [0.25, 0.3) is 0 Å². The lowest BCUT2D eigenvalue weighted by Crippen LogP contribution is -2.25. The van der Waals surface area contributed by atoms with Crippen molar-refractivity contribution >= 4 is 11.7 Å². The van der Waals surface area contributed by atoms with Crippen LogP contribution in [0.15, 0.2) is 0 Å². The van der Waals surface area contributed by atoms with Crippen molar-refractivity contribution in [2.75, 3.05) is 33.0 Å². The molecule has 0 fully saturated rings. The number of hydrogen-bond donors (Lipinski definition) is 1. The Kier molecular flexibility index (Phi) is 10.9. The SMILES string of the molecule is CCCNC(=O)CCOCCOCCC(C)=O. The quantitative estimate of drug-likeness (QED) is 0.550. The van der Waals surface area contributed by atoms with E-state index in [0.29, 0.717) is 45.8 Å². The van der Waals surface area contributed by atoms with Gasteiger partial charge in [0.2, 0.25) is 5.91 Å². The Morgan fingerprint density at radius 2 is 1.59 bits per heavy atom. The highest BCUT2D eigenvalue weighted by atomic mass is 16.5. The van der Waals surface area contributed by atoms with Crippen LogP contribution in [-0.4, -0.2) is 44.7 Å². The van der Waals surface area contributed by atoms with Gasteiger partial charge in [-0.3, -0.25) is 9.59 Å². The summed E-state index contributed by atoms with van der Waals surface area (Å²) in [5.74, 6) is 0.142. The molecular formula is C12H23NO4. The minimum absolute atomic E-state index is 0.0179. The van der Waals surface area contributed by atoms with Crippen LogP contribution in [0.1, 0.15) is 33.1 Å². The van der Waals surface area contributed by atoms with E-state index < -0.39 is 0 Å². The lowest BCUT2D eigenvalue weighted by molar-refractivity contribution is -0.122. The van der Waals surface area contributed by atoms with Gasteiger partial charge in [-0.25, -0.2) is 0 Å². The number of ketones is 1. The highest BCUT2D eigenvalue weighted by molar-refractivity contribution is 5.76. The molecule has 0 saturated carbocycles. The van der Waals surface area contributed by atoms with Crippen molar-refractivity contribution in [3.8, 4) is 0 Å². The molecule has 0 aromatic heterocycles. The van der Waals surface area contributed by atoms with E-state index in [-0.39, 0.29) is 11.7 Å². The number of amides is 1. The molecule has 5 heteroatoms. The van der Waals surface area contributed by atoms with Crippen molar-refractivity contribution in [1.82, 2.24) is 5.32 Å². The third-order valence-electron chi connectivity index (χ3n) is 2.02. The van der Waals surface area contributed by atoms with E-state index in [1.807, 2.05) is 6.92 Å². The predicted octanol–water partition coefficient (Wildman–Crippen LogP) is 0.915. The minimum atomic E-state index is 0.0179. The van der Waals surface area contributed by atoms with E-state index >= 15 is 0 Å². The van der Waals surface area contributed by atoms with Crippen molar-refractivity contribution in [3.63, 3.8) is 0 Å². The maximum Gasteiger partial charge on any atom is 0.222 e. The van der Waals surface area contributed by atoms with Crippen LogP contribution in [0, 0.1) is 0 Å². The first kappa shape index (κ1) is 16.1. The van der Waals surface area contributed by atoms with E-state index in [4.69, 9.17) is 9.47 Å². The monoisotopic (exact) mass is 245 g/mol. The zero-order valence-electron chi connectivity index (χ0n) is 10.8. The fourth-order valence-corrected chi connectivity index (χ4v) is 1.06. The lowest BCUT2D eigenvalue weighted by Gasteiger charge is -2.05. The minimum Gasteiger partial charge on any atom is -0.379 e. The van der Waals surface area contributed by atoms with E-state index in [1.165, 1.54) is 6.92 Å². The summed E-state index contributed by atoms with van der Waals surface area (Å²) >= 11 is 0. The second kappa shape index (κ2) is 11.5. The van der Waals surface area contributed by atoms with E-state index in [1.54, 1.807) is 0 Å². The molecule has 0 bridgehead atoms. The van der Waals surface area contributed by atoms with Crippen LogP contribution in [0.5, 0.6) is 0 Å². The topological polar surface area (TPSA) is 64.6 Å². The zero-order valence-corrected chi connectivity index (χ0v) is 10.8. The van der Waals surface area contributed by atoms with Crippen LogP contribution in [0.3, 0.4) is 0 Å². The molecule has 0 unspecified atom stereocenters. The largest absolute Gasteiger partial charge is 0.379 e. The Hall–Kier alpha value is -0.940. The fourth-order valence-electron chi connectivity index (χ4n) is 1.06. The summed E-state index contributed by atoms with van der Waals surface area (Å²) in [6.45, 7) is 6.03. The molecule has 0 aliphatic heterocycles. The molecule has 1 N–H and O–H groups in total. The first-order chi connectivity index (χ1) is 8.16. The Morgan fingerprint density at radius 1 is 1.00 bits per heavy atom. The van der Waals surface area contributed by atoms with Gasteiger partial charge in [0, 0.05) is 19.4 Å². The smallest absolute Gasteiger partial charge is 0.222 e. The van der Waals surface area contributed by atoms with Gasteiger partial charge in [0.1, 0.15) is 5.78 Å². The molecular weight excluding hydrogens is 222 g/mol. The normalized spacial score (nSPS) is 10.2. The number of nitrogens with one attached hydrogen (secondary N) is 1. The van der Waals surface area contributed by atoms with Crippen LogP contribution in [-0.2, 0) is 19.1 Å². The van der Waals surface area contributed by atoms with Gasteiger partial charge >= 0.3 is 0 Å². The molecule has 0 aliphatic rings. The van der Waals surface area contributed by atoms with Crippen LogP contribution in [0.2, 0.25) is 0 Å². The third-order valence-corrected chi connectivity index (χ3v) is 2.02. The van der Waals surface area contributed by atoms with Crippen molar-refractivity contribution in [3.05, 3.63) is 0 Å². The number of carbonyl (C=O) groups excluding carboxylic acids is 2. The summed E-state index contributed by atoms with van der Waals surface area (Å²) in [7, 11) is 0. The Bertz CT molecular complexity index is 219. The molecule has 0 rings (SSSR count). The first-order valence-corrected chi connectivity index (χ1v) is 6.08. The summed E-state index contributed by atoms with van der Waals surface area (Å²) < 4.78 is 10.4. The molecule has 0 aromatic rings. The Morgan fingerprint density at radius 3 is 2.12 bits per heavy atom. The van der Waals surface area contributed by atoms with Gasteiger partial charge in [0.05, 0.1) is 26.4 Å². The van der Waals surface area contributed by atoms with Crippen molar-refractivity contribution in [2.24, 2.45) is 0 Å². The lowest BCUT2D eigenvalue weighted by atomic mass is 10.3. The van der Waals surface area contributed by atoms with E-state index in [2.05, 4.69) is 5.32 Å². The molecule has 0 aliphatic carbocycles. The predicted molar refractivity (Wildman–Crippen MR) is 64.9 cm³/mol. The third kappa shape index (κ3) is 13.0. The first-order valence-electron chi connectivity index (χ1n) is 6.08. The zero-order chi connectivity index (χ0) is 12.9. The summed E-state index contributed by atoms with van der Waals surface area (Å²) in [5, 5.41) is 2.77. The van der Waals surface area contributed by atoms with Crippen molar-refractivity contribution in [1.29, 1.82) is 0 Å². The maximum atomic E-state index is 11.2. The Labute approximate surface area is 103 Å². The summed E-state index contributed by atoms with van der Waals surface area (Å²) in [4.78, 5) is 21.7. The van der Waals surface area contributed by atoms with Crippen molar-refractivity contribution in [2.45, 2.75) is 33.1 Å². The highest BCUT2D eigenvalue weighted by Crippen LogP contribution is 1.87. The van der Waals surface area contributed by atoms with E-state index in [9.17, 15) is 9.59 Å².